The number of rotatable bonds is 2. The Labute approximate surface area is 110 Å². The van der Waals surface area contributed by atoms with Crippen molar-refractivity contribution in [2.45, 2.75) is 57.3 Å². The molecule has 0 bridgehead atoms. The van der Waals surface area contributed by atoms with E-state index in [1.54, 1.807) is 10.9 Å². The number of halogens is 2. The highest BCUT2D eigenvalue weighted by molar-refractivity contribution is 9.10. The third kappa shape index (κ3) is 2.40. The molecule has 17 heavy (non-hydrogen) atoms. The molecule has 1 fully saturated rings. The van der Waals surface area contributed by atoms with Crippen molar-refractivity contribution in [3.63, 3.8) is 0 Å². The van der Waals surface area contributed by atoms with Gasteiger partial charge < -0.3 is 5.73 Å². The van der Waals surface area contributed by atoms with Gasteiger partial charge in [0.1, 0.15) is 0 Å². The van der Waals surface area contributed by atoms with Gasteiger partial charge in [-0.05, 0) is 55.5 Å². The number of alkyl halides is 1. The number of aromatic nitrogens is 2. The summed E-state index contributed by atoms with van der Waals surface area (Å²) < 4.78 is 17.6. The van der Waals surface area contributed by atoms with Crippen molar-refractivity contribution in [3.05, 3.63) is 16.4 Å². The van der Waals surface area contributed by atoms with Crippen molar-refractivity contribution in [1.29, 1.82) is 0 Å². The molecule has 5 heteroatoms. The summed E-state index contributed by atoms with van der Waals surface area (Å²) in [6.45, 7) is 4.03. The fraction of sp³-hybridized carbons (Fsp3) is 0.750. The van der Waals surface area contributed by atoms with Crippen molar-refractivity contribution in [3.8, 4) is 0 Å². The van der Waals surface area contributed by atoms with Crippen LogP contribution in [0.5, 0.6) is 0 Å². The largest absolute Gasteiger partial charge is 0.328 e. The zero-order valence-electron chi connectivity index (χ0n) is 10.3. The molecule has 0 saturated heterocycles. The number of nitrogens with zero attached hydrogens (tertiary/aromatic N) is 2. The maximum Gasteiger partial charge on any atom is 0.153 e. The second kappa shape index (κ2) is 4.69. The molecule has 96 valence electrons. The summed E-state index contributed by atoms with van der Waals surface area (Å²) in [6.07, 6.45) is 4.15. The lowest BCUT2D eigenvalue weighted by molar-refractivity contribution is 0.0846. The molecule has 0 spiro atoms. The van der Waals surface area contributed by atoms with Crippen LogP contribution in [-0.4, -0.2) is 15.8 Å². The topological polar surface area (TPSA) is 43.8 Å². The Morgan fingerprint density at radius 1 is 1.53 bits per heavy atom. The van der Waals surface area contributed by atoms with E-state index < -0.39 is 5.67 Å². The quantitative estimate of drug-likeness (QED) is 0.911. The first-order valence-electron chi connectivity index (χ1n) is 6.12. The minimum Gasteiger partial charge on any atom is -0.328 e. The Kier molecular flexibility index (Phi) is 3.59. The Morgan fingerprint density at radius 2 is 2.12 bits per heavy atom. The van der Waals surface area contributed by atoms with Gasteiger partial charge in [-0.25, -0.2) is 4.39 Å². The van der Waals surface area contributed by atoms with Crippen LogP contribution < -0.4 is 5.73 Å². The monoisotopic (exact) mass is 303 g/mol. The van der Waals surface area contributed by atoms with Crippen LogP contribution in [-0.2, 0) is 5.67 Å². The minimum atomic E-state index is -1.28. The van der Waals surface area contributed by atoms with Crippen molar-refractivity contribution in [2.24, 2.45) is 5.73 Å². The van der Waals surface area contributed by atoms with E-state index in [4.69, 9.17) is 5.73 Å². The van der Waals surface area contributed by atoms with E-state index >= 15 is 4.39 Å². The SMILES string of the molecule is CC(C)n1ncc(Br)c1C1(F)CCC(N)CC1. The molecule has 1 aliphatic rings. The van der Waals surface area contributed by atoms with Crippen molar-refractivity contribution in [1.82, 2.24) is 9.78 Å². The second-order valence-corrected chi connectivity index (χ2v) is 6.04. The highest BCUT2D eigenvalue weighted by Gasteiger charge is 2.40. The first-order valence-corrected chi connectivity index (χ1v) is 6.91. The Bertz CT molecular complexity index is 394. The summed E-state index contributed by atoms with van der Waals surface area (Å²) in [7, 11) is 0. The summed E-state index contributed by atoms with van der Waals surface area (Å²) in [5.41, 5.74) is 5.24. The Hall–Kier alpha value is -0.420. The van der Waals surface area contributed by atoms with Crippen molar-refractivity contribution in [2.75, 3.05) is 0 Å². The number of hydrogen-bond acceptors (Lipinski definition) is 2. The molecule has 1 heterocycles. The van der Waals surface area contributed by atoms with Crippen LogP contribution in [0.2, 0.25) is 0 Å². The fourth-order valence-electron chi connectivity index (χ4n) is 2.49. The summed E-state index contributed by atoms with van der Waals surface area (Å²) in [5, 5.41) is 4.25. The van der Waals surface area contributed by atoms with Crippen LogP contribution in [0.25, 0.3) is 0 Å². The lowest BCUT2D eigenvalue weighted by Crippen LogP contribution is -2.36. The van der Waals surface area contributed by atoms with E-state index in [1.165, 1.54) is 0 Å². The van der Waals surface area contributed by atoms with Gasteiger partial charge in [-0.1, -0.05) is 0 Å². The Morgan fingerprint density at radius 3 is 2.65 bits per heavy atom. The maximum absolute atomic E-state index is 15.0. The first kappa shape index (κ1) is 13.0. The molecule has 3 nitrogen and oxygen atoms in total. The summed E-state index contributed by atoms with van der Waals surface area (Å²) >= 11 is 3.42. The van der Waals surface area contributed by atoms with E-state index in [0.717, 1.165) is 17.3 Å². The summed E-state index contributed by atoms with van der Waals surface area (Å²) in [4.78, 5) is 0. The van der Waals surface area contributed by atoms with Gasteiger partial charge in [0.25, 0.3) is 0 Å². The van der Waals surface area contributed by atoms with Crippen LogP contribution >= 0.6 is 15.9 Å². The molecule has 0 unspecified atom stereocenters. The second-order valence-electron chi connectivity index (χ2n) is 5.18. The molecule has 1 saturated carbocycles. The zero-order valence-corrected chi connectivity index (χ0v) is 11.9. The van der Waals surface area contributed by atoms with E-state index in [1.807, 2.05) is 13.8 Å². The smallest absolute Gasteiger partial charge is 0.153 e. The molecule has 1 aromatic heterocycles. The number of hydrogen-bond donors (Lipinski definition) is 1. The highest BCUT2D eigenvalue weighted by Crippen LogP contribution is 2.43. The van der Waals surface area contributed by atoms with Crippen molar-refractivity contribution < 1.29 is 4.39 Å². The van der Waals surface area contributed by atoms with Crippen LogP contribution in [0.15, 0.2) is 10.7 Å². The van der Waals surface area contributed by atoms with Crippen LogP contribution in [0.3, 0.4) is 0 Å². The van der Waals surface area contributed by atoms with E-state index in [-0.39, 0.29) is 12.1 Å². The van der Waals surface area contributed by atoms with E-state index in [9.17, 15) is 0 Å². The standard InChI is InChI=1S/C12H19BrFN3/c1-8(2)17-11(10(13)7-16-17)12(14)5-3-9(15)4-6-12/h7-9H,3-6,15H2,1-2H3. The van der Waals surface area contributed by atoms with Gasteiger partial charge in [0.15, 0.2) is 5.67 Å². The zero-order chi connectivity index (χ0) is 12.6. The Balaban J connectivity index is 2.35. The average molecular weight is 304 g/mol. The normalized spacial score (nSPS) is 29.9. The van der Waals surface area contributed by atoms with Gasteiger partial charge in [0, 0.05) is 12.1 Å². The molecule has 1 aliphatic carbocycles. The predicted molar refractivity (Wildman–Crippen MR) is 69.5 cm³/mol. The fourth-order valence-corrected chi connectivity index (χ4v) is 3.12. The van der Waals surface area contributed by atoms with Gasteiger partial charge >= 0.3 is 0 Å². The third-order valence-electron chi connectivity index (χ3n) is 3.49. The van der Waals surface area contributed by atoms with Gasteiger partial charge in [0.05, 0.1) is 16.4 Å². The molecule has 0 atom stereocenters. The van der Waals surface area contributed by atoms with Crippen LogP contribution in [0, 0.1) is 0 Å². The summed E-state index contributed by atoms with van der Waals surface area (Å²) in [6, 6.07) is 0.313. The highest BCUT2D eigenvalue weighted by atomic mass is 79.9. The molecule has 0 amide bonds. The maximum atomic E-state index is 15.0. The lowest BCUT2D eigenvalue weighted by Gasteiger charge is -2.33. The van der Waals surface area contributed by atoms with Crippen LogP contribution in [0.4, 0.5) is 4.39 Å². The average Bonchev–Trinajstić information content (AvgIpc) is 2.66. The number of nitrogens with two attached hydrogens (primary N) is 1. The molecule has 2 N–H and O–H groups in total. The van der Waals surface area contributed by atoms with Gasteiger partial charge in [-0.3, -0.25) is 4.68 Å². The van der Waals surface area contributed by atoms with E-state index in [0.29, 0.717) is 18.5 Å². The van der Waals surface area contributed by atoms with Gasteiger partial charge in [-0.2, -0.15) is 5.10 Å². The van der Waals surface area contributed by atoms with E-state index in [2.05, 4.69) is 21.0 Å². The summed E-state index contributed by atoms with van der Waals surface area (Å²) in [5.74, 6) is 0. The predicted octanol–water partition coefficient (Wildman–Crippen LogP) is 3.29. The van der Waals surface area contributed by atoms with Gasteiger partial charge in [0.2, 0.25) is 0 Å². The lowest BCUT2D eigenvalue weighted by atomic mass is 9.81. The molecular weight excluding hydrogens is 285 g/mol. The van der Waals surface area contributed by atoms with Crippen LogP contribution in [0.1, 0.15) is 51.3 Å². The molecule has 2 rings (SSSR count). The molecule has 0 aromatic carbocycles. The molecule has 1 aromatic rings. The molecule has 0 aliphatic heterocycles. The first-order chi connectivity index (χ1) is 7.94. The molecule has 0 radical (unpaired) electrons. The minimum absolute atomic E-state index is 0.146. The van der Waals surface area contributed by atoms with Crippen molar-refractivity contribution >= 4 is 15.9 Å². The van der Waals surface area contributed by atoms with Gasteiger partial charge in [-0.15, -0.1) is 0 Å². The molecular formula is C12H19BrFN3. The third-order valence-corrected chi connectivity index (χ3v) is 4.07.